The van der Waals surface area contributed by atoms with Crippen LogP contribution in [0.2, 0.25) is 0 Å². The number of anilines is 1. The van der Waals surface area contributed by atoms with E-state index >= 15 is 0 Å². The number of fused-ring (bicyclic) bond motifs is 3. The summed E-state index contributed by atoms with van der Waals surface area (Å²) in [5.41, 5.74) is 2.40. The number of amides is 3. The molecule has 4 atom stereocenters. The molecule has 0 saturated carbocycles. The molecule has 4 unspecified atom stereocenters. The molecule has 3 heterocycles. The molecule has 1 aromatic rings. The summed E-state index contributed by atoms with van der Waals surface area (Å²) in [6.07, 6.45) is 1.42. The number of carbonyl (C=O) groups excluding carboxylic acids is 2. The number of likely N-dealkylation sites (N-methyl/N-ethyl adjacent to an activating group) is 1. The molecule has 152 valence electrons. The molecule has 0 spiro atoms. The minimum absolute atomic E-state index is 0.0598. The molecular formula is C21H31N5O2. The molecule has 3 saturated heterocycles. The molecule has 0 bridgehead atoms. The van der Waals surface area contributed by atoms with E-state index in [1.54, 1.807) is 11.9 Å². The van der Waals surface area contributed by atoms with Gasteiger partial charge < -0.3 is 9.80 Å². The van der Waals surface area contributed by atoms with Gasteiger partial charge in [-0.05, 0) is 30.9 Å². The molecule has 1 aromatic carbocycles. The molecule has 28 heavy (non-hydrogen) atoms. The van der Waals surface area contributed by atoms with Gasteiger partial charge >= 0.3 is 6.03 Å². The third-order valence-electron chi connectivity index (χ3n) is 6.25. The van der Waals surface area contributed by atoms with E-state index in [1.807, 2.05) is 6.07 Å². The Morgan fingerprint density at radius 2 is 1.93 bits per heavy atom. The third kappa shape index (κ3) is 2.97. The Balaban J connectivity index is 1.67. The Hall–Kier alpha value is -2.12. The number of imide groups is 1. The van der Waals surface area contributed by atoms with Gasteiger partial charge in [-0.2, -0.15) is 0 Å². The van der Waals surface area contributed by atoms with Crippen LogP contribution in [0.4, 0.5) is 10.5 Å². The highest BCUT2D eigenvalue weighted by Gasteiger charge is 2.56. The second kappa shape index (κ2) is 7.37. The predicted molar refractivity (Wildman–Crippen MR) is 109 cm³/mol. The van der Waals surface area contributed by atoms with E-state index in [2.05, 4.69) is 54.1 Å². The Morgan fingerprint density at radius 1 is 1.18 bits per heavy atom. The fourth-order valence-corrected chi connectivity index (χ4v) is 4.81. The predicted octanol–water partition coefficient (Wildman–Crippen LogP) is 2.03. The second-order valence-electron chi connectivity index (χ2n) is 8.41. The number of unbranched alkanes of at least 4 members (excludes halogenated alkanes) is 1. The maximum absolute atomic E-state index is 13.3. The number of carbonyl (C=O) groups is 2. The van der Waals surface area contributed by atoms with Crippen LogP contribution in [0, 0.1) is 12.8 Å². The van der Waals surface area contributed by atoms with Gasteiger partial charge in [0.05, 0.1) is 0 Å². The highest BCUT2D eigenvalue weighted by molar-refractivity contribution is 6.00. The maximum Gasteiger partial charge on any atom is 0.327 e. The Labute approximate surface area is 167 Å². The summed E-state index contributed by atoms with van der Waals surface area (Å²) in [6.45, 7) is 8.68. The van der Waals surface area contributed by atoms with Crippen LogP contribution in [0.5, 0.6) is 0 Å². The number of nitrogens with zero attached hydrogens (tertiary/aromatic N) is 4. The van der Waals surface area contributed by atoms with Crippen LogP contribution < -0.4 is 10.2 Å². The molecule has 0 radical (unpaired) electrons. The van der Waals surface area contributed by atoms with Crippen LogP contribution in [0.15, 0.2) is 24.3 Å². The van der Waals surface area contributed by atoms with Crippen LogP contribution in [-0.2, 0) is 4.79 Å². The number of aryl methyl sites for hydroxylation is 1. The van der Waals surface area contributed by atoms with Gasteiger partial charge in [-0.3, -0.25) is 19.9 Å². The van der Waals surface area contributed by atoms with Gasteiger partial charge in [0.1, 0.15) is 18.5 Å². The number of nitrogens with one attached hydrogen (secondary N) is 1. The average Bonchev–Trinajstić information content (AvgIpc) is 3.06. The highest BCUT2D eigenvalue weighted by atomic mass is 16.2. The molecule has 7 heteroatoms. The standard InChI is InChI=1S/C21H31N5O2/c1-5-6-11-24-19(27)17-18(23(4)21(24)28)22-20-25(12-14(2)13-26(17)20)16-10-8-7-9-15(16)3/h7-10,14,17-18,20,22H,5-6,11-13H2,1-4H3. The van der Waals surface area contributed by atoms with Crippen molar-refractivity contribution in [1.82, 2.24) is 20.0 Å². The molecule has 4 rings (SSSR count). The molecule has 1 N–H and O–H groups in total. The summed E-state index contributed by atoms with van der Waals surface area (Å²) in [7, 11) is 1.80. The molecule has 3 aliphatic heterocycles. The van der Waals surface area contributed by atoms with Crippen LogP contribution in [0.25, 0.3) is 0 Å². The van der Waals surface area contributed by atoms with E-state index in [0.29, 0.717) is 12.5 Å². The summed E-state index contributed by atoms with van der Waals surface area (Å²) in [6, 6.07) is 7.84. The Bertz CT molecular complexity index is 769. The number of urea groups is 1. The van der Waals surface area contributed by atoms with Gasteiger partial charge in [0.25, 0.3) is 5.91 Å². The van der Waals surface area contributed by atoms with Crippen LogP contribution >= 0.6 is 0 Å². The summed E-state index contributed by atoms with van der Waals surface area (Å²) in [5.74, 6) is 0.367. The lowest BCUT2D eigenvalue weighted by Gasteiger charge is -2.46. The molecular weight excluding hydrogens is 354 g/mol. The number of hydrogen-bond acceptors (Lipinski definition) is 5. The van der Waals surface area contributed by atoms with Gasteiger partial charge in [-0.1, -0.05) is 38.5 Å². The third-order valence-corrected chi connectivity index (χ3v) is 6.25. The second-order valence-corrected chi connectivity index (χ2v) is 8.41. The number of benzene rings is 1. The van der Waals surface area contributed by atoms with Crippen LogP contribution in [0.1, 0.15) is 32.3 Å². The van der Waals surface area contributed by atoms with Crippen molar-refractivity contribution in [2.45, 2.75) is 52.1 Å². The first-order chi connectivity index (χ1) is 13.4. The van der Waals surface area contributed by atoms with Gasteiger partial charge in [0, 0.05) is 32.4 Å². The lowest BCUT2D eigenvalue weighted by Crippen LogP contribution is -2.66. The van der Waals surface area contributed by atoms with Crippen molar-refractivity contribution in [3.05, 3.63) is 29.8 Å². The molecule has 3 amide bonds. The first-order valence-electron chi connectivity index (χ1n) is 10.4. The monoisotopic (exact) mass is 385 g/mol. The van der Waals surface area contributed by atoms with Crippen molar-refractivity contribution < 1.29 is 9.59 Å². The topological polar surface area (TPSA) is 59.1 Å². The summed E-state index contributed by atoms with van der Waals surface area (Å²) in [4.78, 5) is 33.9. The quantitative estimate of drug-likeness (QED) is 0.859. The molecule has 7 nitrogen and oxygen atoms in total. The van der Waals surface area contributed by atoms with E-state index in [4.69, 9.17) is 0 Å². The van der Waals surface area contributed by atoms with Crippen LogP contribution in [-0.4, -0.2) is 71.8 Å². The van der Waals surface area contributed by atoms with Crippen molar-refractivity contribution in [1.29, 1.82) is 0 Å². The Morgan fingerprint density at radius 3 is 2.64 bits per heavy atom. The normalized spacial score (nSPS) is 30.6. The lowest BCUT2D eigenvalue weighted by atomic mass is 10.0. The van der Waals surface area contributed by atoms with Gasteiger partial charge in [-0.25, -0.2) is 4.79 Å². The van der Waals surface area contributed by atoms with Gasteiger partial charge in [0.2, 0.25) is 0 Å². The number of hydrogen-bond donors (Lipinski definition) is 1. The number of para-hydroxylation sites is 1. The largest absolute Gasteiger partial charge is 0.343 e. The van der Waals surface area contributed by atoms with Crippen molar-refractivity contribution in [3.63, 3.8) is 0 Å². The highest BCUT2D eigenvalue weighted by Crippen LogP contribution is 2.35. The van der Waals surface area contributed by atoms with Crippen molar-refractivity contribution in [2.24, 2.45) is 5.92 Å². The van der Waals surface area contributed by atoms with Crippen molar-refractivity contribution in [3.8, 4) is 0 Å². The van der Waals surface area contributed by atoms with E-state index in [0.717, 1.165) is 25.9 Å². The number of rotatable bonds is 4. The summed E-state index contributed by atoms with van der Waals surface area (Å²) < 4.78 is 0. The lowest BCUT2D eigenvalue weighted by molar-refractivity contribution is -0.138. The maximum atomic E-state index is 13.3. The molecule has 3 aliphatic rings. The molecule has 0 aliphatic carbocycles. The van der Waals surface area contributed by atoms with E-state index in [9.17, 15) is 9.59 Å². The smallest absolute Gasteiger partial charge is 0.327 e. The van der Waals surface area contributed by atoms with Gasteiger partial charge in [0.15, 0.2) is 0 Å². The fraction of sp³-hybridized carbons (Fsp3) is 0.619. The zero-order valence-electron chi connectivity index (χ0n) is 17.3. The summed E-state index contributed by atoms with van der Waals surface area (Å²) >= 11 is 0. The zero-order chi connectivity index (χ0) is 20.0. The molecule has 0 aromatic heterocycles. The SMILES string of the molecule is CCCCN1C(=O)C2C(NC3N(c4ccccc4C)CC(C)CN23)N(C)C1=O. The summed E-state index contributed by atoms with van der Waals surface area (Å²) in [5, 5.41) is 3.59. The molecule has 3 fully saturated rings. The average molecular weight is 386 g/mol. The van der Waals surface area contributed by atoms with Crippen molar-refractivity contribution >= 4 is 17.6 Å². The van der Waals surface area contributed by atoms with Gasteiger partial charge in [-0.15, -0.1) is 0 Å². The fourth-order valence-electron chi connectivity index (χ4n) is 4.81. The first kappa shape index (κ1) is 19.2. The van der Waals surface area contributed by atoms with Crippen LogP contribution in [0.3, 0.4) is 0 Å². The first-order valence-corrected chi connectivity index (χ1v) is 10.4. The van der Waals surface area contributed by atoms with Crippen molar-refractivity contribution in [2.75, 3.05) is 31.6 Å². The van der Waals surface area contributed by atoms with E-state index in [-0.39, 0.29) is 30.4 Å². The minimum atomic E-state index is -0.334. The zero-order valence-corrected chi connectivity index (χ0v) is 17.3. The minimum Gasteiger partial charge on any atom is -0.343 e. The van der Waals surface area contributed by atoms with E-state index in [1.165, 1.54) is 16.2 Å². The van der Waals surface area contributed by atoms with E-state index < -0.39 is 0 Å². The Kier molecular flexibility index (Phi) is 5.05.